The third-order valence-electron chi connectivity index (χ3n) is 1.74. The van der Waals surface area contributed by atoms with Crippen LogP contribution in [0.2, 0.25) is 0 Å². The van der Waals surface area contributed by atoms with Gasteiger partial charge < -0.3 is 10.2 Å². The summed E-state index contributed by atoms with van der Waals surface area (Å²) in [4.78, 5) is 17.2. The maximum absolute atomic E-state index is 11.4. The van der Waals surface area contributed by atoms with Crippen molar-refractivity contribution in [1.29, 1.82) is 0 Å². The van der Waals surface area contributed by atoms with Crippen LogP contribution in [0.3, 0.4) is 0 Å². The summed E-state index contributed by atoms with van der Waals surface area (Å²) in [6.07, 6.45) is 0. The summed E-state index contributed by atoms with van der Waals surface area (Å²) in [5.74, 6) is 1.10. The van der Waals surface area contributed by atoms with Gasteiger partial charge in [-0.25, -0.2) is 0 Å². The molecule has 1 rings (SSSR count). The summed E-state index contributed by atoms with van der Waals surface area (Å²) >= 11 is 1.67. The molecule has 0 bridgehead atoms. The largest absolute Gasteiger partial charge is 0.353 e. The lowest BCUT2D eigenvalue weighted by molar-refractivity contribution is -0.130. The van der Waals surface area contributed by atoms with Crippen molar-refractivity contribution in [2.75, 3.05) is 26.4 Å². The number of nitrogens with one attached hydrogen (secondary N) is 1. The average Bonchev–Trinajstić information content (AvgIpc) is 2.55. The molecule has 0 aromatic carbocycles. The summed E-state index contributed by atoms with van der Waals surface area (Å²) < 4.78 is 0. The number of hydrogen-bond donors (Lipinski definition) is 1. The van der Waals surface area contributed by atoms with Crippen molar-refractivity contribution >= 4 is 22.8 Å². The van der Waals surface area contributed by atoms with E-state index in [9.17, 15) is 4.79 Å². The Balaban J connectivity index is 2.40. The molecule has 1 atom stereocenters. The molecule has 0 aromatic rings. The minimum Gasteiger partial charge on any atom is -0.353 e. The molecule has 0 aromatic heterocycles. The van der Waals surface area contributed by atoms with E-state index < -0.39 is 0 Å². The van der Waals surface area contributed by atoms with Crippen molar-refractivity contribution in [1.82, 2.24) is 10.2 Å². The van der Waals surface area contributed by atoms with Crippen LogP contribution in [0.25, 0.3) is 0 Å². The molecule has 1 N–H and O–H groups in total. The number of amides is 1. The number of hydrogen-bond acceptors (Lipinski definition) is 4. The molecule has 0 saturated carbocycles. The van der Waals surface area contributed by atoms with E-state index in [1.54, 1.807) is 30.8 Å². The maximum atomic E-state index is 11.4. The Morgan fingerprint density at radius 3 is 2.85 bits per heavy atom. The van der Waals surface area contributed by atoms with Crippen LogP contribution in [-0.4, -0.2) is 48.4 Å². The van der Waals surface area contributed by atoms with E-state index >= 15 is 0 Å². The molecule has 4 nitrogen and oxygen atoms in total. The van der Waals surface area contributed by atoms with Gasteiger partial charge in [0.25, 0.3) is 0 Å². The van der Waals surface area contributed by atoms with Crippen LogP contribution in [0.5, 0.6) is 0 Å². The van der Waals surface area contributed by atoms with Crippen molar-refractivity contribution < 1.29 is 4.79 Å². The Hall–Kier alpha value is -0.710. The van der Waals surface area contributed by atoms with E-state index in [1.807, 2.05) is 6.92 Å². The van der Waals surface area contributed by atoms with Crippen molar-refractivity contribution in [3.63, 3.8) is 0 Å². The molecular formula is C8H15N3OS. The van der Waals surface area contributed by atoms with Gasteiger partial charge >= 0.3 is 0 Å². The van der Waals surface area contributed by atoms with Crippen LogP contribution >= 0.6 is 11.8 Å². The highest BCUT2D eigenvalue weighted by Crippen LogP contribution is 2.09. The molecule has 5 heteroatoms. The molecule has 1 aliphatic heterocycles. The van der Waals surface area contributed by atoms with Crippen molar-refractivity contribution in [3.8, 4) is 0 Å². The molecule has 0 fully saturated rings. The number of carbonyl (C=O) groups is 1. The summed E-state index contributed by atoms with van der Waals surface area (Å²) in [5.41, 5.74) is 0. The Labute approximate surface area is 82.8 Å². The van der Waals surface area contributed by atoms with Crippen molar-refractivity contribution in [2.45, 2.75) is 13.0 Å². The number of aliphatic imine (C=N–C) groups is 1. The molecular weight excluding hydrogens is 186 g/mol. The van der Waals surface area contributed by atoms with Crippen LogP contribution in [-0.2, 0) is 4.79 Å². The van der Waals surface area contributed by atoms with Gasteiger partial charge in [0, 0.05) is 19.8 Å². The SMILES string of the molecule is CC(NC1=NCCS1)C(=O)N(C)C. The van der Waals surface area contributed by atoms with Crippen LogP contribution in [0.15, 0.2) is 4.99 Å². The minimum absolute atomic E-state index is 0.0789. The quantitative estimate of drug-likeness (QED) is 0.692. The Kier molecular flexibility index (Phi) is 3.59. The average molecular weight is 201 g/mol. The number of carbonyl (C=O) groups excluding carboxylic acids is 1. The molecule has 1 heterocycles. The lowest BCUT2D eigenvalue weighted by atomic mass is 10.3. The molecule has 1 unspecified atom stereocenters. The molecule has 0 spiro atoms. The lowest BCUT2D eigenvalue weighted by Crippen LogP contribution is -2.43. The maximum Gasteiger partial charge on any atom is 0.244 e. The third kappa shape index (κ3) is 2.91. The summed E-state index contributed by atoms with van der Waals surface area (Å²) in [6.45, 7) is 2.71. The smallest absolute Gasteiger partial charge is 0.244 e. The second-order valence-electron chi connectivity index (χ2n) is 3.13. The van der Waals surface area contributed by atoms with E-state index in [2.05, 4.69) is 10.3 Å². The van der Waals surface area contributed by atoms with E-state index in [0.29, 0.717) is 0 Å². The molecule has 0 radical (unpaired) electrons. The fraction of sp³-hybridized carbons (Fsp3) is 0.750. The highest BCUT2D eigenvalue weighted by molar-refractivity contribution is 8.14. The summed E-state index contributed by atoms with van der Waals surface area (Å²) in [5, 5.41) is 3.97. The van der Waals surface area contributed by atoms with Gasteiger partial charge in [-0.15, -0.1) is 0 Å². The first-order valence-corrected chi connectivity index (χ1v) is 5.25. The third-order valence-corrected chi connectivity index (χ3v) is 2.64. The first-order chi connectivity index (χ1) is 6.11. The lowest BCUT2D eigenvalue weighted by Gasteiger charge is -2.18. The van der Waals surface area contributed by atoms with Crippen molar-refractivity contribution in [2.24, 2.45) is 4.99 Å². The Morgan fingerprint density at radius 2 is 2.38 bits per heavy atom. The molecule has 1 aliphatic rings. The topological polar surface area (TPSA) is 44.7 Å². The molecule has 1 amide bonds. The number of thioether (sulfide) groups is 1. The second-order valence-corrected chi connectivity index (χ2v) is 4.22. The number of nitrogens with zero attached hydrogens (tertiary/aromatic N) is 2. The predicted octanol–water partition coefficient (Wildman–Crippen LogP) is 0.155. The first-order valence-electron chi connectivity index (χ1n) is 4.26. The summed E-state index contributed by atoms with van der Waals surface area (Å²) in [6, 6.07) is -0.181. The zero-order valence-corrected chi connectivity index (χ0v) is 9.02. The van der Waals surface area contributed by atoms with Gasteiger partial charge in [0.05, 0.1) is 6.54 Å². The second kappa shape index (κ2) is 4.50. The van der Waals surface area contributed by atoms with E-state index in [-0.39, 0.29) is 11.9 Å². The molecule has 74 valence electrons. The monoisotopic (exact) mass is 201 g/mol. The highest BCUT2D eigenvalue weighted by atomic mass is 32.2. The van der Waals surface area contributed by atoms with Gasteiger partial charge in [-0.05, 0) is 6.92 Å². The van der Waals surface area contributed by atoms with Crippen molar-refractivity contribution in [3.05, 3.63) is 0 Å². The standard InChI is InChI=1S/C8H15N3OS/c1-6(7(12)11(2)3)10-8-9-4-5-13-8/h6H,4-5H2,1-3H3,(H,9,10). The minimum atomic E-state index is -0.181. The first kappa shape index (κ1) is 10.4. The van der Waals surface area contributed by atoms with E-state index in [1.165, 1.54) is 0 Å². The van der Waals surface area contributed by atoms with Gasteiger partial charge in [-0.2, -0.15) is 0 Å². The number of rotatable bonds is 2. The van der Waals surface area contributed by atoms with Crippen LogP contribution in [0.4, 0.5) is 0 Å². The normalized spacial score (nSPS) is 17.9. The Morgan fingerprint density at radius 1 is 1.69 bits per heavy atom. The highest BCUT2D eigenvalue weighted by Gasteiger charge is 2.17. The van der Waals surface area contributed by atoms with Gasteiger partial charge in [0.1, 0.15) is 6.04 Å². The number of amidine groups is 1. The van der Waals surface area contributed by atoms with Gasteiger partial charge in [-0.3, -0.25) is 9.79 Å². The van der Waals surface area contributed by atoms with E-state index in [0.717, 1.165) is 17.5 Å². The van der Waals surface area contributed by atoms with Gasteiger partial charge in [0.2, 0.25) is 5.91 Å². The predicted molar refractivity (Wildman–Crippen MR) is 56.1 cm³/mol. The molecule has 0 aliphatic carbocycles. The van der Waals surface area contributed by atoms with E-state index in [4.69, 9.17) is 0 Å². The fourth-order valence-corrected chi connectivity index (χ4v) is 1.88. The zero-order chi connectivity index (χ0) is 9.84. The van der Waals surface area contributed by atoms with Crippen LogP contribution < -0.4 is 5.32 Å². The molecule has 0 saturated heterocycles. The fourth-order valence-electron chi connectivity index (χ4n) is 1.06. The van der Waals surface area contributed by atoms with Gasteiger partial charge in [0.15, 0.2) is 5.17 Å². The van der Waals surface area contributed by atoms with Crippen LogP contribution in [0.1, 0.15) is 6.92 Å². The zero-order valence-electron chi connectivity index (χ0n) is 8.20. The molecule has 13 heavy (non-hydrogen) atoms. The van der Waals surface area contributed by atoms with Crippen LogP contribution in [0, 0.1) is 0 Å². The number of likely N-dealkylation sites (N-methyl/N-ethyl adjacent to an activating group) is 1. The summed E-state index contributed by atoms with van der Waals surface area (Å²) in [7, 11) is 3.51. The van der Waals surface area contributed by atoms with Gasteiger partial charge in [-0.1, -0.05) is 11.8 Å². The Bertz CT molecular complexity index is 227.